The summed E-state index contributed by atoms with van der Waals surface area (Å²) < 4.78 is 4.75. The maximum absolute atomic E-state index is 11.7. The lowest BCUT2D eigenvalue weighted by Crippen LogP contribution is -2.31. The van der Waals surface area contributed by atoms with E-state index >= 15 is 0 Å². The van der Waals surface area contributed by atoms with Crippen molar-refractivity contribution in [3.8, 4) is 0 Å². The first-order chi connectivity index (χ1) is 11.4. The number of nitrogens with one attached hydrogen (secondary N) is 2. The van der Waals surface area contributed by atoms with E-state index in [2.05, 4.69) is 48.7 Å². The zero-order chi connectivity index (χ0) is 17.7. The number of hydrogen-bond acceptors (Lipinski definition) is 3. The molecule has 0 aliphatic heterocycles. The van der Waals surface area contributed by atoms with Gasteiger partial charge >= 0.3 is 5.97 Å². The zero-order valence-electron chi connectivity index (χ0n) is 14.3. The summed E-state index contributed by atoms with van der Waals surface area (Å²) in [7, 11) is 1.37. The van der Waals surface area contributed by atoms with E-state index in [-0.39, 0.29) is 12.0 Å². The van der Waals surface area contributed by atoms with Crippen LogP contribution in [-0.2, 0) is 4.74 Å². The number of esters is 1. The first-order valence-corrected chi connectivity index (χ1v) is 8.14. The standard InChI is InChI=1S/C19H22N2O2S/c1-12-5-8-15(9-6-12)14(3)20-19(24)21-17-11-16(18(22)23-4)10-7-13(17)2/h5-11,14H,1-4H3,(H2,20,21,24)/t14-/m1/s1. The fourth-order valence-electron chi connectivity index (χ4n) is 2.29. The number of thiocarbonyl (C=S) groups is 1. The minimum absolute atomic E-state index is 0.0784. The Morgan fingerprint density at radius 2 is 1.79 bits per heavy atom. The summed E-state index contributed by atoms with van der Waals surface area (Å²) in [5, 5.41) is 6.92. The van der Waals surface area contributed by atoms with Gasteiger partial charge in [-0.1, -0.05) is 35.9 Å². The summed E-state index contributed by atoms with van der Waals surface area (Å²) in [5.74, 6) is -0.370. The van der Waals surface area contributed by atoms with Crippen LogP contribution < -0.4 is 10.6 Å². The summed E-state index contributed by atoms with van der Waals surface area (Å²) in [4.78, 5) is 11.7. The predicted molar refractivity (Wildman–Crippen MR) is 101 cm³/mol. The van der Waals surface area contributed by atoms with Crippen LogP contribution in [0.25, 0.3) is 0 Å². The Morgan fingerprint density at radius 1 is 1.12 bits per heavy atom. The second kappa shape index (κ2) is 7.93. The van der Waals surface area contributed by atoms with Crippen molar-refractivity contribution in [3.05, 3.63) is 64.7 Å². The first kappa shape index (κ1) is 17.9. The van der Waals surface area contributed by atoms with Crippen LogP contribution in [0.15, 0.2) is 42.5 Å². The molecule has 0 heterocycles. The van der Waals surface area contributed by atoms with Crippen LogP contribution >= 0.6 is 12.2 Å². The quantitative estimate of drug-likeness (QED) is 0.646. The van der Waals surface area contributed by atoms with Gasteiger partial charge in [0.1, 0.15) is 0 Å². The van der Waals surface area contributed by atoms with Crippen molar-refractivity contribution in [1.82, 2.24) is 5.32 Å². The Hall–Kier alpha value is -2.40. The number of methoxy groups -OCH3 is 1. The number of benzene rings is 2. The fourth-order valence-corrected chi connectivity index (χ4v) is 2.58. The van der Waals surface area contributed by atoms with Crippen molar-refractivity contribution < 1.29 is 9.53 Å². The van der Waals surface area contributed by atoms with E-state index in [0.717, 1.165) is 16.8 Å². The van der Waals surface area contributed by atoms with Crippen LogP contribution in [0.1, 0.15) is 40.0 Å². The van der Waals surface area contributed by atoms with Crippen molar-refractivity contribution in [2.45, 2.75) is 26.8 Å². The highest BCUT2D eigenvalue weighted by atomic mass is 32.1. The van der Waals surface area contributed by atoms with E-state index in [1.54, 1.807) is 12.1 Å². The van der Waals surface area contributed by atoms with Crippen molar-refractivity contribution in [3.63, 3.8) is 0 Å². The molecule has 0 aliphatic carbocycles. The highest BCUT2D eigenvalue weighted by Crippen LogP contribution is 2.18. The van der Waals surface area contributed by atoms with E-state index in [1.165, 1.54) is 12.7 Å². The van der Waals surface area contributed by atoms with E-state index in [9.17, 15) is 4.79 Å². The summed E-state index contributed by atoms with van der Waals surface area (Å²) >= 11 is 5.40. The summed E-state index contributed by atoms with van der Waals surface area (Å²) in [6, 6.07) is 13.7. The fraction of sp³-hybridized carbons (Fsp3) is 0.263. The van der Waals surface area contributed by atoms with Gasteiger partial charge in [-0.3, -0.25) is 0 Å². The normalized spacial score (nSPS) is 11.5. The van der Waals surface area contributed by atoms with E-state index in [0.29, 0.717) is 10.7 Å². The number of hydrogen-bond donors (Lipinski definition) is 2. The topological polar surface area (TPSA) is 50.4 Å². The van der Waals surface area contributed by atoms with E-state index in [1.807, 2.05) is 13.0 Å². The SMILES string of the molecule is COC(=O)c1ccc(C)c(NC(=S)N[C@H](C)c2ccc(C)cc2)c1. The number of anilines is 1. The van der Waals surface area contributed by atoms with Gasteiger partial charge in [-0.05, 0) is 56.2 Å². The molecule has 126 valence electrons. The van der Waals surface area contributed by atoms with E-state index < -0.39 is 0 Å². The second-order valence-electron chi connectivity index (χ2n) is 5.75. The number of ether oxygens (including phenoxy) is 1. The highest BCUT2D eigenvalue weighted by molar-refractivity contribution is 7.80. The largest absolute Gasteiger partial charge is 0.465 e. The monoisotopic (exact) mass is 342 g/mol. The molecule has 0 unspecified atom stereocenters. The minimum atomic E-state index is -0.370. The first-order valence-electron chi connectivity index (χ1n) is 7.73. The molecule has 0 amide bonds. The average Bonchev–Trinajstić information content (AvgIpc) is 2.56. The molecule has 0 bridgehead atoms. The Bertz CT molecular complexity index is 742. The van der Waals surface area contributed by atoms with Crippen LogP contribution in [0, 0.1) is 13.8 Å². The minimum Gasteiger partial charge on any atom is -0.465 e. The Morgan fingerprint density at radius 3 is 2.42 bits per heavy atom. The molecule has 2 aromatic rings. The van der Waals surface area contributed by atoms with Gasteiger partial charge in [0.15, 0.2) is 5.11 Å². The molecule has 0 aliphatic rings. The van der Waals surface area contributed by atoms with Gasteiger partial charge in [-0.15, -0.1) is 0 Å². The van der Waals surface area contributed by atoms with Crippen LogP contribution in [0.4, 0.5) is 5.69 Å². The molecule has 24 heavy (non-hydrogen) atoms. The van der Waals surface area contributed by atoms with Gasteiger partial charge in [0, 0.05) is 5.69 Å². The lowest BCUT2D eigenvalue weighted by Gasteiger charge is -2.18. The number of rotatable bonds is 4. The molecule has 2 aromatic carbocycles. The van der Waals surface area contributed by atoms with Gasteiger partial charge in [-0.2, -0.15) is 0 Å². The van der Waals surface area contributed by atoms with Gasteiger partial charge < -0.3 is 15.4 Å². The van der Waals surface area contributed by atoms with Gasteiger partial charge in [0.2, 0.25) is 0 Å². The van der Waals surface area contributed by atoms with E-state index in [4.69, 9.17) is 17.0 Å². The van der Waals surface area contributed by atoms with Crippen molar-refractivity contribution >= 4 is 29.0 Å². The molecule has 0 aromatic heterocycles. The molecule has 4 nitrogen and oxygen atoms in total. The smallest absolute Gasteiger partial charge is 0.337 e. The molecule has 0 spiro atoms. The van der Waals surface area contributed by atoms with Crippen LogP contribution in [0.3, 0.4) is 0 Å². The molecule has 1 atom stereocenters. The Balaban J connectivity index is 2.06. The van der Waals surface area contributed by atoms with Gasteiger partial charge in [0.25, 0.3) is 0 Å². The second-order valence-corrected chi connectivity index (χ2v) is 6.16. The molecule has 2 N–H and O–H groups in total. The lowest BCUT2D eigenvalue weighted by molar-refractivity contribution is 0.0601. The average molecular weight is 342 g/mol. The Kier molecular flexibility index (Phi) is 5.93. The molecule has 2 rings (SSSR count). The van der Waals surface area contributed by atoms with Crippen LogP contribution in [0.2, 0.25) is 0 Å². The number of carbonyl (C=O) groups is 1. The molecule has 0 radical (unpaired) electrons. The summed E-state index contributed by atoms with van der Waals surface area (Å²) in [6.07, 6.45) is 0. The summed E-state index contributed by atoms with van der Waals surface area (Å²) in [6.45, 7) is 6.07. The Labute approximate surface area is 148 Å². The van der Waals surface area contributed by atoms with Crippen molar-refractivity contribution in [1.29, 1.82) is 0 Å². The number of aryl methyl sites for hydroxylation is 2. The van der Waals surface area contributed by atoms with Crippen LogP contribution in [-0.4, -0.2) is 18.2 Å². The molecule has 0 saturated carbocycles. The zero-order valence-corrected chi connectivity index (χ0v) is 15.2. The van der Waals surface area contributed by atoms with Crippen LogP contribution in [0.5, 0.6) is 0 Å². The summed E-state index contributed by atoms with van der Waals surface area (Å²) in [5.41, 5.74) is 4.65. The number of carbonyl (C=O) groups excluding carboxylic acids is 1. The third-order valence-corrected chi connectivity index (χ3v) is 4.05. The van der Waals surface area contributed by atoms with Gasteiger partial charge in [0.05, 0.1) is 18.7 Å². The van der Waals surface area contributed by atoms with Gasteiger partial charge in [-0.25, -0.2) is 4.79 Å². The predicted octanol–water partition coefficient (Wildman–Crippen LogP) is 4.14. The maximum Gasteiger partial charge on any atom is 0.337 e. The highest BCUT2D eigenvalue weighted by Gasteiger charge is 2.11. The lowest BCUT2D eigenvalue weighted by atomic mass is 10.1. The molecular formula is C19H22N2O2S. The van der Waals surface area contributed by atoms with Crippen molar-refractivity contribution in [2.24, 2.45) is 0 Å². The molecule has 0 fully saturated rings. The molecule has 5 heteroatoms. The maximum atomic E-state index is 11.7. The van der Waals surface area contributed by atoms with Crippen molar-refractivity contribution in [2.75, 3.05) is 12.4 Å². The molecule has 0 saturated heterocycles. The third kappa shape index (κ3) is 4.55. The molecular weight excluding hydrogens is 320 g/mol. The third-order valence-electron chi connectivity index (χ3n) is 3.83.